The first-order valence-electron chi connectivity index (χ1n) is 6.60. The molecule has 1 aromatic heterocycles. The largest absolute Gasteiger partial charge is 0.480 e. The number of carboxylic acid groups (broad SMARTS) is 1. The number of nitrogens with zero attached hydrogens (tertiary/aromatic N) is 3. The summed E-state index contributed by atoms with van der Waals surface area (Å²) in [5.41, 5.74) is 1.77. The van der Waals surface area contributed by atoms with Gasteiger partial charge in [-0.15, -0.1) is 0 Å². The lowest BCUT2D eigenvalue weighted by molar-refractivity contribution is -0.139. The summed E-state index contributed by atoms with van der Waals surface area (Å²) in [7, 11) is 0. The van der Waals surface area contributed by atoms with Crippen molar-refractivity contribution in [3.8, 4) is 0 Å². The third kappa shape index (κ3) is 3.94. The summed E-state index contributed by atoms with van der Waals surface area (Å²) in [6.07, 6.45) is 0.777. The molecule has 0 aliphatic heterocycles. The van der Waals surface area contributed by atoms with Gasteiger partial charge in [-0.3, -0.25) is 14.4 Å². The third-order valence-corrected chi connectivity index (χ3v) is 3.55. The van der Waals surface area contributed by atoms with Gasteiger partial charge in [0.1, 0.15) is 0 Å². The summed E-state index contributed by atoms with van der Waals surface area (Å²) >= 11 is 6.34. The number of aromatic nitrogens is 2. The smallest absolute Gasteiger partial charge is 0.317 e. The number of carbonyl (C=O) groups is 1. The monoisotopic (exact) mass is 287 g/mol. The fraction of sp³-hybridized carbons (Fsp3) is 0.692. The molecule has 0 aromatic carbocycles. The molecule has 1 heterocycles. The van der Waals surface area contributed by atoms with Gasteiger partial charge in [-0.25, -0.2) is 0 Å². The maximum atomic E-state index is 10.9. The van der Waals surface area contributed by atoms with Crippen LogP contribution in [0.25, 0.3) is 0 Å². The van der Waals surface area contributed by atoms with Gasteiger partial charge in [0.15, 0.2) is 0 Å². The molecule has 0 amide bonds. The van der Waals surface area contributed by atoms with Gasteiger partial charge in [-0.2, -0.15) is 5.10 Å². The molecular weight excluding hydrogens is 266 g/mol. The van der Waals surface area contributed by atoms with Crippen molar-refractivity contribution in [2.24, 2.45) is 0 Å². The summed E-state index contributed by atoms with van der Waals surface area (Å²) < 4.78 is 1.86. The number of hydrogen-bond donors (Lipinski definition) is 1. The van der Waals surface area contributed by atoms with Crippen LogP contribution >= 0.6 is 11.6 Å². The zero-order valence-corrected chi connectivity index (χ0v) is 12.7. The molecule has 5 nitrogen and oxygen atoms in total. The lowest BCUT2D eigenvalue weighted by atomic mass is 10.2. The number of aryl methyl sites for hydroxylation is 2. The number of halogens is 1. The fourth-order valence-corrected chi connectivity index (χ4v) is 2.28. The average molecular weight is 288 g/mol. The van der Waals surface area contributed by atoms with E-state index in [0.717, 1.165) is 24.4 Å². The molecule has 0 saturated carbocycles. The SMILES string of the molecule is CCc1nn(CC)c(CN(CC(=O)O)C(C)C)c1Cl. The van der Waals surface area contributed by atoms with E-state index in [1.54, 1.807) is 0 Å². The van der Waals surface area contributed by atoms with Crippen LogP contribution in [0.3, 0.4) is 0 Å². The van der Waals surface area contributed by atoms with E-state index in [0.29, 0.717) is 11.6 Å². The van der Waals surface area contributed by atoms with E-state index in [2.05, 4.69) is 5.10 Å². The quantitative estimate of drug-likeness (QED) is 0.837. The molecule has 0 bridgehead atoms. The molecule has 1 N–H and O–H groups in total. The van der Waals surface area contributed by atoms with Gasteiger partial charge in [0.2, 0.25) is 0 Å². The maximum absolute atomic E-state index is 10.9. The van der Waals surface area contributed by atoms with E-state index in [-0.39, 0.29) is 12.6 Å². The zero-order chi connectivity index (χ0) is 14.6. The van der Waals surface area contributed by atoms with Gasteiger partial charge in [0.25, 0.3) is 0 Å². The van der Waals surface area contributed by atoms with E-state index in [1.807, 2.05) is 37.3 Å². The molecule has 1 rings (SSSR count). The Morgan fingerprint density at radius 2 is 2.11 bits per heavy atom. The van der Waals surface area contributed by atoms with Crippen molar-refractivity contribution < 1.29 is 9.90 Å². The molecule has 0 aliphatic rings. The zero-order valence-electron chi connectivity index (χ0n) is 12.0. The Balaban J connectivity index is 3.01. The van der Waals surface area contributed by atoms with E-state index in [1.165, 1.54) is 0 Å². The van der Waals surface area contributed by atoms with Crippen molar-refractivity contribution in [3.05, 3.63) is 16.4 Å². The number of aliphatic carboxylic acids is 1. The molecule has 0 saturated heterocycles. The normalized spacial score (nSPS) is 11.5. The van der Waals surface area contributed by atoms with Crippen LogP contribution in [0.15, 0.2) is 0 Å². The van der Waals surface area contributed by atoms with Crippen LogP contribution < -0.4 is 0 Å². The second-order valence-corrected chi connectivity index (χ2v) is 5.15. The summed E-state index contributed by atoms with van der Waals surface area (Å²) in [4.78, 5) is 12.8. The maximum Gasteiger partial charge on any atom is 0.317 e. The van der Waals surface area contributed by atoms with Crippen molar-refractivity contribution in [2.45, 2.75) is 53.2 Å². The van der Waals surface area contributed by atoms with Gasteiger partial charge < -0.3 is 5.11 Å². The Morgan fingerprint density at radius 1 is 1.47 bits per heavy atom. The van der Waals surface area contributed by atoms with E-state index < -0.39 is 5.97 Å². The van der Waals surface area contributed by atoms with Crippen LogP contribution in [-0.4, -0.2) is 38.3 Å². The van der Waals surface area contributed by atoms with Crippen molar-refractivity contribution in [3.63, 3.8) is 0 Å². The van der Waals surface area contributed by atoms with Crippen molar-refractivity contribution in [2.75, 3.05) is 6.54 Å². The molecule has 0 spiro atoms. The van der Waals surface area contributed by atoms with Crippen LogP contribution in [0.1, 0.15) is 39.1 Å². The van der Waals surface area contributed by atoms with Crippen molar-refractivity contribution in [1.82, 2.24) is 14.7 Å². The third-order valence-electron chi connectivity index (χ3n) is 3.12. The number of carboxylic acids is 1. The number of hydrogen-bond acceptors (Lipinski definition) is 3. The predicted octanol–water partition coefficient (Wildman–Crippen LogP) is 2.41. The van der Waals surface area contributed by atoms with Crippen LogP contribution in [-0.2, 0) is 24.3 Å². The number of rotatable bonds is 7. The Morgan fingerprint density at radius 3 is 2.53 bits per heavy atom. The summed E-state index contributed by atoms with van der Waals surface area (Å²) in [6.45, 7) is 9.20. The van der Waals surface area contributed by atoms with Gasteiger partial charge in [0, 0.05) is 19.1 Å². The van der Waals surface area contributed by atoms with E-state index in [9.17, 15) is 4.79 Å². The Hall–Kier alpha value is -1.07. The fourth-order valence-electron chi connectivity index (χ4n) is 1.96. The highest BCUT2D eigenvalue weighted by atomic mass is 35.5. The Kier molecular flexibility index (Phi) is 5.82. The molecule has 1 aromatic rings. The van der Waals surface area contributed by atoms with Crippen LogP contribution in [0, 0.1) is 0 Å². The minimum absolute atomic E-state index is 0.00431. The standard InChI is InChI=1S/C13H22ClN3O2/c1-5-10-13(14)11(17(6-2)15-10)7-16(9(3)4)8-12(18)19/h9H,5-8H2,1-4H3,(H,18,19). The highest BCUT2D eigenvalue weighted by Crippen LogP contribution is 2.23. The molecule has 0 atom stereocenters. The average Bonchev–Trinajstić information content (AvgIpc) is 2.64. The minimum atomic E-state index is -0.830. The predicted molar refractivity (Wildman–Crippen MR) is 75.5 cm³/mol. The first-order valence-corrected chi connectivity index (χ1v) is 6.98. The molecule has 0 unspecified atom stereocenters. The molecule has 0 radical (unpaired) electrons. The molecule has 0 fully saturated rings. The van der Waals surface area contributed by atoms with Gasteiger partial charge >= 0.3 is 5.97 Å². The molecule has 0 aliphatic carbocycles. The molecular formula is C13H22ClN3O2. The molecule has 6 heteroatoms. The van der Waals surface area contributed by atoms with Crippen LogP contribution in [0.4, 0.5) is 0 Å². The second kappa shape index (κ2) is 6.91. The van der Waals surface area contributed by atoms with Gasteiger partial charge in [-0.05, 0) is 27.2 Å². The first kappa shape index (κ1) is 16.0. The second-order valence-electron chi connectivity index (χ2n) is 4.77. The van der Waals surface area contributed by atoms with Crippen LogP contribution in [0.5, 0.6) is 0 Å². The van der Waals surface area contributed by atoms with Gasteiger partial charge in [-0.1, -0.05) is 18.5 Å². The highest BCUT2D eigenvalue weighted by Gasteiger charge is 2.20. The first-order chi connectivity index (χ1) is 8.90. The van der Waals surface area contributed by atoms with E-state index >= 15 is 0 Å². The van der Waals surface area contributed by atoms with Crippen molar-refractivity contribution >= 4 is 17.6 Å². The van der Waals surface area contributed by atoms with E-state index in [4.69, 9.17) is 16.7 Å². The summed E-state index contributed by atoms with van der Waals surface area (Å²) in [5, 5.41) is 14.1. The Bertz CT molecular complexity index is 443. The van der Waals surface area contributed by atoms with Crippen molar-refractivity contribution in [1.29, 1.82) is 0 Å². The molecule has 19 heavy (non-hydrogen) atoms. The molecule has 108 valence electrons. The topological polar surface area (TPSA) is 58.4 Å². The lowest BCUT2D eigenvalue weighted by Crippen LogP contribution is -2.35. The summed E-state index contributed by atoms with van der Waals surface area (Å²) in [6, 6.07) is 0.137. The Labute approximate surface area is 119 Å². The van der Waals surface area contributed by atoms with Crippen LogP contribution in [0.2, 0.25) is 5.02 Å². The highest BCUT2D eigenvalue weighted by molar-refractivity contribution is 6.31. The lowest BCUT2D eigenvalue weighted by Gasteiger charge is -2.24. The van der Waals surface area contributed by atoms with Gasteiger partial charge in [0.05, 0.1) is 23.0 Å². The minimum Gasteiger partial charge on any atom is -0.480 e. The summed E-state index contributed by atoms with van der Waals surface area (Å²) in [5.74, 6) is -0.830.